The third kappa shape index (κ3) is 19.5. The maximum absolute atomic E-state index is 11.7. The van der Waals surface area contributed by atoms with Crippen molar-refractivity contribution in [1.82, 2.24) is 0 Å². The summed E-state index contributed by atoms with van der Waals surface area (Å²) in [4.78, 5) is 19.1. The molecule has 0 bridgehead atoms. The number of hydrogen-bond donors (Lipinski definition) is 2. The van der Waals surface area contributed by atoms with Crippen molar-refractivity contribution in [3.05, 3.63) is 0 Å². The Hall–Kier alpha value is 0.220. The van der Waals surface area contributed by atoms with Gasteiger partial charge in [-0.2, -0.15) is 0 Å². The average Bonchev–Trinajstić information content (AvgIpc) is 2.64. The van der Waals surface area contributed by atoms with Crippen molar-refractivity contribution < 1.29 is 37.0 Å². The third-order valence-electron chi connectivity index (χ3n) is 4.10. The zero-order chi connectivity index (χ0) is 21.1. The van der Waals surface area contributed by atoms with E-state index in [1.807, 2.05) is 0 Å². The molecule has 0 fully saturated rings. The minimum atomic E-state index is -4.17. The second-order valence-corrected chi connectivity index (χ2v) is 9.71. The third-order valence-corrected chi connectivity index (χ3v) is 6.13. The molecule has 0 aromatic rings. The number of hydrogen-bond acceptors (Lipinski definition) is 6. The van der Waals surface area contributed by atoms with Gasteiger partial charge in [-0.05, 0) is 12.8 Å². The Kier molecular flexibility index (Phi) is 18.2. The Morgan fingerprint density at radius 1 is 0.500 bits per heavy atom. The topological polar surface area (TPSA) is 112 Å². The highest BCUT2D eigenvalue weighted by Gasteiger charge is 2.23. The smallest absolute Gasteiger partial charge is 0.302 e. The molecule has 0 saturated heterocycles. The molecule has 0 aliphatic carbocycles. The maximum Gasteiger partial charge on any atom is 0.472 e. The predicted octanol–water partition coefficient (Wildman–Crippen LogP) is 5.97. The van der Waals surface area contributed by atoms with E-state index in [-0.39, 0.29) is 26.4 Å². The standard InChI is InChI=1S/C18H40O8P2/c1-3-5-7-9-11-13-15-23-27(19,20)25-17-18-26-28(21,22)24-16-14-12-10-8-6-4-2/h3-18H2,1-2H3,(H,19,20)(H,21,22). The Labute approximate surface area is 170 Å². The Bertz CT molecular complexity index is 407. The van der Waals surface area contributed by atoms with Crippen LogP contribution in [0.15, 0.2) is 0 Å². The first-order chi connectivity index (χ1) is 13.3. The average molecular weight is 446 g/mol. The molecule has 8 nitrogen and oxygen atoms in total. The van der Waals surface area contributed by atoms with Crippen LogP contribution in [0, 0.1) is 0 Å². The van der Waals surface area contributed by atoms with E-state index in [0.717, 1.165) is 38.5 Å². The van der Waals surface area contributed by atoms with Crippen LogP contribution in [-0.2, 0) is 27.2 Å². The molecule has 0 aromatic carbocycles. The largest absolute Gasteiger partial charge is 0.472 e. The van der Waals surface area contributed by atoms with E-state index in [1.165, 1.54) is 25.7 Å². The van der Waals surface area contributed by atoms with Crippen LogP contribution in [0.1, 0.15) is 90.9 Å². The first-order valence-electron chi connectivity index (χ1n) is 10.6. The molecular formula is C18H40O8P2. The van der Waals surface area contributed by atoms with Gasteiger partial charge in [0.2, 0.25) is 0 Å². The number of phosphoric acid groups is 2. The van der Waals surface area contributed by atoms with Crippen molar-refractivity contribution in [1.29, 1.82) is 0 Å². The normalized spacial score (nSPS) is 16.0. The summed E-state index contributed by atoms with van der Waals surface area (Å²) in [5, 5.41) is 0. The molecule has 0 aliphatic heterocycles. The summed E-state index contributed by atoms with van der Waals surface area (Å²) in [6, 6.07) is 0. The summed E-state index contributed by atoms with van der Waals surface area (Å²) in [7, 11) is -8.34. The molecule has 2 unspecified atom stereocenters. The van der Waals surface area contributed by atoms with Crippen LogP contribution in [-0.4, -0.2) is 36.2 Å². The second kappa shape index (κ2) is 18.0. The molecule has 10 heteroatoms. The van der Waals surface area contributed by atoms with E-state index in [2.05, 4.69) is 13.8 Å². The van der Waals surface area contributed by atoms with Gasteiger partial charge >= 0.3 is 15.6 Å². The summed E-state index contributed by atoms with van der Waals surface area (Å²) in [6.45, 7) is 3.89. The molecular weight excluding hydrogens is 406 g/mol. The first kappa shape index (κ1) is 28.2. The number of rotatable bonds is 21. The van der Waals surface area contributed by atoms with E-state index >= 15 is 0 Å². The monoisotopic (exact) mass is 446 g/mol. The minimum absolute atomic E-state index is 0.140. The van der Waals surface area contributed by atoms with Gasteiger partial charge in [0.15, 0.2) is 0 Å². The fourth-order valence-corrected chi connectivity index (χ4v) is 3.98. The Morgan fingerprint density at radius 2 is 0.786 bits per heavy atom. The van der Waals surface area contributed by atoms with E-state index in [4.69, 9.17) is 18.1 Å². The lowest BCUT2D eigenvalue weighted by Gasteiger charge is -2.14. The first-order valence-corrected chi connectivity index (χ1v) is 13.6. The highest BCUT2D eigenvalue weighted by molar-refractivity contribution is 7.47. The molecule has 0 aromatic heterocycles. The fraction of sp³-hybridized carbons (Fsp3) is 1.00. The maximum atomic E-state index is 11.7. The van der Waals surface area contributed by atoms with Crippen LogP contribution in [0.5, 0.6) is 0 Å². The van der Waals surface area contributed by atoms with E-state index in [0.29, 0.717) is 12.8 Å². The van der Waals surface area contributed by atoms with Crippen LogP contribution >= 0.6 is 15.6 Å². The lowest BCUT2D eigenvalue weighted by Crippen LogP contribution is -2.05. The van der Waals surface area contributed by atoms with Gasteiger partial charge in [0.25, 0.3) is 0 Å². The van der Waals surface area contributed by atoms with Gasteiger partial charge < -0.3 is 9.79 Å². The fourth-order valence-electron chi connectivity index (χ4n) is 2.50. The van der Waals surface area contributed by atoms with Gasteiger partial charge in [-0.3, -0.25) is 18.1 Å². The van der Waals surface area contributed by atoms with E-state index < -0.39 is 15.6 Å². The van der Waals surface area contributed by atoms with Crippen LogP contribution in [0.25, 0.3) is 0 Å². The highest BCUT2D eigenvalue weighted by atomic mass is 31.2. The van der Waals surface area contributed by atoms with Crippen LogP contribution < -0.4 is 0 Å². The van der Waals surface area contributed by atoms with Crippen molar-refractivity contribution in [2.75, 3.05) is 26.4 Å². The minimum Gasteiger partial charge on any atom is -0.302 e. The van der Waals surface area contributed by atoms with Crippen LogP contribution in [0.2, 0.25) is 0 Å². The van der Waals surface area contributed by atoms with Gasteiger partial charge in [0.1, 0.15) is 0 Å². The summed E-state index contributed by atoms with van der Waals surface area (Å²) >= 11 is 0. The van der Waals surface area contributed by atoms with Crippen LogP contribution in [0.4, 0.5) is 0 Å². The molecule has 0 heterocycles. The van der Waals surface area contributed by atoms with Gasteiger partial charge in [0, 0.05) is 0 Å². The second-order valence-electron chi connectivity index (χ2n) is 6.81. The summed E-state index contributed by atoms with van der Waals surface area (Å²) < 4.78 is 42.5. The molecule has 28 heavy (non-hydrogen) atoms. The molecule has 2 N–H and O–H groups in total. The van der Waals surface area contributed by atoms with Crippen molar-refractivity contribution >= 4 is 15.6 Å². The Balaban J connectivity index is 3.67. The van der Waals surface area contributed by atoms with E-state index in [9.17, 15) is 18.9 Å². The zero-order valence-corrected chi connectivity index (χ0v) is 19.3. The van der Waals surface area contributed by atoms with Crippen molar-refractivity contribution in [3.63, 3.8) is 0 Å². The summed E-state index contributed by atoms with van der Waals surface area (Å²) in [5.41, 5.74) is 0. The van der Waals surface area contributed by atoms with Gasteiger partial charge in [-0.15, -0.1) is 0 Å². The molecule has 170 valence electrons. The number of unbranched alkanes of at least 4 members (excludes halogenated alkanes) is 10. The molecule has 0 rings (SSSR count). The number of phosphoric ester groups is 2. The van der Waals surface area contributed by atoms with Gasteiger partial charge in [-0.25, -0.2) is 9.13 Å². The Morgan fingerprint density at radius 3 is 1.14 bits per heavy atom. The molecule has 0 aliphatic rings. The molecule has 0 radical (unpaired) electrons. The molecule has 0 saturated carbocycles. The van der Waals surface area contributed by atoms with Gasteiger partial charge in [0.05, 0.1) is 26.4 Å². The van der Waals surface area contributed by atoms with Crippen molar-refractivity contribution in [2.45, 2.75) is 90.9 Å². The predicted molar refractivity (Wildman–Crippen MR) is 110 cm³/mol. The van der Waals surface area contributed by atoms with Crippen LogP contribution in [0.3, 0.4) is 0 Å². The van der Waals surface area contributed by atoms with Crippen molar-refractivity contribution in [2.24, 2.45) is 0 Å². The lowest BCUT2D eigenvalue weighted by atomic mass is 10.1. The molecule has 2 atom stereocenters. The molecule has 0 amide bonds. The zero-order valence-electron chi connectivity index (χ0n) is 17.6. The SMILES string of the molecule is CCCCCCCCOP(=O)(O)OCCOP(=O)(O)OCCCCCCCC. The van der Waals surface area contributed by atoms with Crippen molar-refractivity contribution in [3.8, 4) is 0 Å². The van der Waals surface area contributed by atoms with E-state index in [1.54, 1.807) is 0 Å². The summed E-state index contributed by atoms with van der Waals surface area (Å²) in [6.07, 6.45) is 12.4. The van der Waals surface area contributed by atoms with Gasteiger partial charge in [-0.1, -0.05) is 78.1 Å². The summed E-state index contributed by atoms with van der Waals surface area (Å²) in [5.74, 6) is 0. The highest BCUT2D eigenvalue weighted by Crippen LogP contribution is 2.45. The quantitative estimate of drug-likeness (QED) is 0.164. The lowest BCUT2D eigenvalue weighted by molar-refractivity contribution is 0.101. The molecule has 0 spiro atoms.